The summed E-state index contributed by atoms with van der Waals surface area (Å²) in [5.41, 5.74) is 15.5. The van der Waals surface area contributed by atoms with E-state index in [1.165, 1.54) is 0 Å². The van der Waals surface area contributed by atoms with Crippen molar-refractivity contribution in [2.75, 3.05) is 0 Å². The van der Waals surface area contributed by atoms with Crippen LogP contribution in [-0.2, 0) is 0 Å². The predicted molar refractivity (Wildman–Crippen MR) is 273 cm³/mol. The molecule has 9 aromatic carbocycles. The molecule has 7 nitrogen and oxygen atoms in total. The number of rotatable bonds is 8. The van der Waals surface area contributed by atoms with Gasteiger partial charge in [-0.1, -0.05) is 133 Å². The zero-order chi connectivity index (χ0) is 46.8. The molecule has 2 heterocycles. The van der Waals surface area contributed by atoms with E-state index in [2.05, 4.69) is 77.4 Å². The molecule has 0 bridgehead atoms. The van der Waals surface area contributed by atoms with Crippen molar-refractivity contribution >= 4 is 21.8 Å². The number of nitriles is 4. The van der Waals surface area contributed by atoms with Gasteiger partial charge in [-0.3, -0.25) is 0 Å². The van der Waals surface area contributed by atoms with Gasteiger partial charge in [0, 0.05) is 49.7 Å². The first-order chi connectivity index (χ1) is 34.0. The average Bonchev–Trinajstić information content (AvgIpc) is 3.75. The Kier molecular flexibility index (Phi) is 10.6. The lowest BCUT2D eigenvalue weighted by Gasteiger charge is -2.22. The second kappa shape index (κ2) is 17.7. The Morgan fingerprint density at radius 2 is 0.739 bits per heavy atom. The summed E-state index contributed by atoms with van der Waals surface area (Å²) in [6.45, 7) is 0. The molecule has 0 atom stereocenters. The van der Waals surface area contributed by atoms with E-state index in [-0.39, 0.29) is 0 Å². The van der Waals surface area contributed by atoms with Crippen LogP contribution in [0.1, 0.15) is 22.3 Å². The molecule has 0 fully saturated rings. The summed E-state index contributed by atoms with van der Waals surface area (Å²) in [5, 5.41) is 42.7. The van der Waals surface area contributed by atoms with Crippen molar-refractivity contribution in [1.82, 2.24) is 14.5 Å². The van der Waals surface area contributed by atoms with Crippen LogP contribution in [0, 0.1) is 45.3 Å². The zero-order valence-electron chi connectivity index (χ0n) is 36.8. The van der Waals surface area contributed by atoms with Crippen LogP contribution in [0.25, 0.3) is 106 Å². The molecule has 11 rings (SSSR count). The maximum Gasteiger partial charge on any atom is 0.160 e. The molecule has 0 N–H and O–H groups in total. The first-order valence-corrected chi connectivity index (χ1v) is 22.3. The molecule has 0 aliphatic heterocycles. The highest BCUT2D eigenvalue weighted by Gasteiger charge is 2.25. The minimum Gasteiger partial charge on any atom is -0.308 e. The minimum atomic E-state index is 0.486. The number of aromatic nitrogens is 3. The predicted octanol–water partition coefficient (Wildman–Crippen LogP) is 14.7. The molecule has 0 aliphatic rings. The lowest BCUT2D eigenvalue weighted by atomic mass is 9.88. The van der Waals surface area contributed by atoms with Crippen LogP contribution < -0.4 is 0 Å². The number of nitrogens with zero attached hydrogens (tertiary/aromatic N) is 7. The van der Waals surface area contributed by atoms with Gasteiger partial charge in [-0.2, -0.15) is 21.0 Å². The Balaban J connectivity index is 1.27. The maximum absolute atomic E-state index is 10.8. The largest absolute Gasteiger partial charge is 0.308 e. The fraction of sp³-hybridized carbons (Fsp3) is 0. The van der Waals surface area contributed by atoms with E-state index in [1.54, 1.807) is 0 Å². The summed E-state index contributed by atoms with van der Waals surface area (Å²) in [4.78, 5) is 10.3. The standard InChI is InChI=1S/C62H35N7/c63-36-40-19-23-42(24-20-40)46-27-29-59-53(31-46)54-32-47(43-25-21-41(37-64)22-26-43)28-30-60(54)69(59)61-55(51-17-9-7-15-48(51)38-65)33-50(34-56(61)52-18-10-8-16-49(52)39-66)58-35-57(44-11-3-1-4-12-44)67-62(68-58)45-13-5-2-6-14-45/h1-35H. The third-order valence-electron chi connectivity index (χ3n) is 12.6. The van der Waals surface area contributed by atoms with Gasteiger partial charge in [0.15, 0.2) is 5.82 Å². The summed E-state index contributed by atoms with van der Waals surface area (Å²) in [7, 11) is 0. The maximum atomic E-state index is 10.8. The van der Waals surface area contributed by atoms with Crippen LogP contribution in [0.5, 0.6) is 0 Å². The third kappa shape index (κ3) is 7.61. The first-order valence-electron chi connectivity index (χ1n) is 22.3. The molecule has 0 aliphatic carbocycles. The average molecular weight is 878 g/mol. The summed E-state index contributed by atoms with van der Waals surface area (Å²) < 4.78 is 2.26. The highest BCUT2D eigenvalue weighted by molar-refractivity contribution is 6.13. The van der Waals surface area contributed by atoms with Gasteiger partial charge in [0.2, 0.25) is 0 Å². The molecular weight excluding hydrogens is 843 g/mol. The van der Waals surface area contributed by atoms with Crippen molar-refractivity contribution in [3.8, 4) is 108 Å². The van der Waals surface area contributed by atoms with Gasteiger partial charge < -0.3 is 4.57 Å². The van der Waals surface area contributed by atoms with Crippen molar-refractivity contribution in [2.24, 2.45) is 0 Å². The SMILES string of the molecule is N#Cc1ccc(-c2ccc3c(c2)c2cc(-c4ccc(C#N)cc4)ccc2n3-c2c(-c3ccccc3C#N)cc(-c3cc(-c4ccccc4)nc(-c4ccccc4)n3)cc2-c2ccccc2C#N)cc1. The van der Waals surface area contributed by atoms with Gasteiger partial charge in [0.1, 0.15) is 0 Å². The fourth-order valence-corrected chi connectivity index (χ4v) is 9.23. The van der Waals surface area contributed by atoms with E-state index in [4.69, 9.17) is 9.97 Å². The molecule has 2 aromatic heterocycles. The molecule has 0 amide bonds. The smallest absolute Gasteiger partial charge is 0.160 e. The van der Waals surface area contributed by atoms with Crippen molar-refractivity contribution in [2.45, 2.75) is 0 Å². The zero-order valence-corrected chi connectivity index (χ0v) is 36.8. The Hall–Kier alpha value is -10.2. The van der Waals surface area contributed by atoms with Gasteiger partial charge in [0.05, 0.1) is 74.6 Å². The quantitative estimate of drug-likeness (QED) is 0.150. The second-order valence-electron chi connectivity index (χ2n) is 16.6. The molecule has 0 spiro atoms. The summed E-state index contributed by atoms with van der Waals surface area (Å²) in [6.07, 6.45) is 0. The molecule has 0 saturated carbocycles. The van der Waals surface area contributed by atoms with Gasteiger partial charge in [-0.15, -0.1) is 0 Å². The van der Waals surface area contributed by atoms with Crippen molar-refractivity contribution < 1.29 is 0 Å². The van der Waals surface area contributed by atoms with Crippen molar-refractivity contribution in [1.29, 1.82) is 21.0 Å². The van der Waals surface area contributed by atoms with E-state index in [9.17, 15) is 21.0 Å². The van der Waals surface area contributed by atoms with Crippen LogP contribution >= 0.6 is 0 Å². The second-order valence-corrected chi connectivity index (χ2v) is 16.6. The number of benzene rings is 9. The number of hydrogen-bond acceptors (Lipinski definition) is 6. The lowest BCUT2D eigenvalue weighted by molar-refractivity contribution is 1.17. The van der Waals surface area contributed by atoms with E-state index in [0.29, 0.717) is 44.9 Å². The molecule has 0 unspecified atom stereocenters. The van der Waals surface area contributed by atoms with E-state index in [1.807, 2.05) is 164 Å². The van der Waals surface area contributed by atoms with Crippen LogP contribution in [0.15, 0.2) is 212 Å². The highest BCUT2D eigenvalue weighted by atomic mass is 15.0. The third-order valence-corrected chi connectivity index (χ3v) is 12.6. The normalized spacial score (nSPS) is 10.8. The Morgan fingerprint density at radius 1 is 0.319 bits per heavy atom. The number of fused-ring (bicyclic) bond motifs is 3. The summed E-state index contributed by atoms with van der Waals surface area (Å²) in [6, 6.07) is 78.9. The molecule has 11 aromatic rings. The van der Waals surface area contributed by atoms with Crippen molar-refractivity contribution in [3.05, 3.63) is 235 Å². The Labute approximate surface area is 398 Å². The van der Waals surface area contributed by atoms with Gasteiger partial charge in [0.25, 0.3) is 0 Å². The Bertz CT molecular complexity index is 3720. The number of hydrogen-bond donors (Lipinski definition) is 0. The highest BCUT2D eigenvalue weighted by Crippen LogP contribution is 2.46. The Morgan fingerprint density at radius 3 is 1.20 bits per heavy atom. The topological polar surface area (TPSA) is 126 Å². The molecule has 7 heteroatoms. The molecular formula is C62H35N7. The van der Waals surface area contributed by atoms with Gasteiger partial charge in [-0.25, -0.2) is 9.97 Å². The van der Waals surface area contributed by atoms with Crippen LogP contribution in [0.3, 0.4) is 0 Å². The van der Waals surface area contributed by atoms with Crippen LogP contribution in [-0.4, -0.2) is 14.5 Å². The van der Waals surface area contributed by atoms with Crippen LogP contribution in [0.2, 0.25) is 0 Å². The molecule has 0 saturated heterocycles. The van der Waals surface area contributed by atoms with Gasteiger partial charge >= 0.3 is 0 Å². The first kappa shape index (κ1) is 41.5. The monoisotopic (exact) mass is 877 g/mol. The van der Waals surface area contributed by atoms with Gasteiger partial charge in [-0.05, 0) is 101 Å². The van der Waals surface area contributed by atoms with Crippen molar-refractivity contribution in [3.63, 3.8) is 0 Å². The van der Waals surface area contributed by atoms with E-state index < -0.39 is 0 Å². The lowest BCUT2D eigenvalue weighted by Crippen LogP contribution is -2.04. The van der Waals surface area contributed by atoms with Crippen LogP contribution in [0.4, 0.5) is 0 Å². The fourth-order valence-electron chi connectivity index (χ4n) is 9.23. The summed E-state index contributed by atoms with van der Waals surface area (Å²) in [5.74, 6) is 0.563. The molecule has 318 valence electrons. The van der Waals surface area contributed by atoms with E-state index in [0.717, 1.165) is 83.3 Å². The minimum absolute atomic E-state index is 0.486. The molecule has 69 heavy (non-hydrogen) atoms. The summed E-state index contributed by atoms with van der Waals surface area (Å²) >= 11 is 0. The van der Waals surface area contributed by atoms with E-state index >= 15 is 0 Å². The molecule has 0 radical (unpaired) electrons.